The highest BCUT2D eigenvalue weighted by molar-refractivity contribution is 7.16. The number of alkyl halides is 2. The molecule has 0 bridgehead atoms. The molecule has 0 aliphatic carbocycles. The van der Waals surface area contributed by atoms with Crippen LogP contribution in [0.3, 0.4) is 0 Å². The van der Waals surface area contributed by atoms with E-state index >= 15 is 0 Å². The molecule has 3 aromatic heterocycles. The molecule has 1 fully saturated rings. The van der Waals surface area contributed by atoms with E-state index in [4.69, 9.17) is 26.2 Å². The van der Waals surface area contributed by atoms with Crippen LogP contribution in [0.1, 0.15) is 40.1 Å². The van der Waals surface area contributed by atoms with Crippen LogP contribution in [0, 0.1) is 6.92 Å². The molecule has 11 heteroatoms. The fourth-order valence-electron chi connectivity index (χ4n) is 4.89. The molecule has 36 heavy (non-hydrogen) atoms. The summed E-state index contributed by atoms with van der Waals surface area (Å²) in [6.45, 7) is 6.45. The molecule has 5 rings (SSSR count). The van der Waals surface area contributed by atoms with Gasteiger partial charge in [0.2, 0.25) is 0 Å². The number of likely N-dealkylation sites (tertiary alicyclic amines) is 1. The molecule has 0 atom stereocenters. The minimum atomic E-state index is -2.98. The molecule has 194 valence electrons. The molecule has 0 aromatic carbocycles. The van der Waals surface area contributed by atoms with Crippen LogP contribution in [-0.4, -0.2) is 65.1 Å². The van der Waals surface area contributed by atoms with Crippen LogP contribution in [0.25, 0.3) is 5.82 Å². The van der Waals surface area contributed by atoms with Crippen molar-refractivity contribution in [3.63, 3.8) is 0 Å². The van der Waals surface area contributed by atoms with E-state index in [1.165, 1.54) is 17.4 Å². The third-order valence-electron chi connectivity index (χ3n) is 6.67. The standard InChI is InChI=1S/C24H28ClF2N5OS.CH2O/c1-16-18(14-32(29-16)22-17(12-30(2)3)5-4-8-28-22)13-31-9-6-23(7-10-31)21-19(11-20(25)34-21)24(26,27)15-33-23;1-2/h4-5,8,11,14H,6-7,9-10,12-13,15H2,1-3H3;1H2. The number of carbonyl (C=O) groups is 1. The third kappa shape index (κ3) is 5.24. The van der Waals surface area contributed by atoms with Gasteiger partial charge in [-0.1, -0.05) is 17.7 Å². The second-order valence-corrected chi connectivity index (χ2v) is 11.1. The quantitative estimate of drug-likeness (QED) is 0.467. The molecule has 0 saturated carbocycles. The van der Waals surface area contributed by atoms with Crippen LogP contribution >= 0.6 is 22.9 Å². The zero-order chi connectivity index (χ0) is 26.1. The van der Waals surface area contributed by atoms with Gasteiger partial charge in [-0.2, -0.15) is 13.9 Å². The maximum Gasteiger partial charge on any atom is 0.297 e. The smallest absolute Gasteiger partial charge is 0.297 e. The molecule has 2 aliphatic rings. The normalized spacial score (nSPS) is 18.6. The Morgan fingerprint density at radius 3 is 2.67 bits per heavy atom. The molecule has 0 radical (unpaired) electrons. The number of halogens is 3. The predicted molar refractivity (Wildman–Crippen MR) is 136 cm³/mol. The largest absolute Gasteiger partial charge is 0.363 e. The molecule has 1 spiro atoms. The molecular weight excluding hydrogens is 508 g/mol. The van der Waals surface area contributed by atoms with Crippen molar-refractivity contribution in [2.75, 3.05) is 33.8 Å². The summed E-state index contributed by atoms with van der Waals surface area (Å²) in [5, 5.41) is 4.73. The second-order valence-electron chi connectivity index (χ2n) is 9.47. The Labute approximate surface area is 218 Å². The number of ether oxygens (including phenoxy) is 1. The summed E-state index contributed by atoms with van der Waals surface area (Å²) < 4.78 is 36.9. The monoisotopic (exact) mass is 537 g/mol. The van der Waals surface area contributed by atoms with E-state index in [9.17, 15) is 8.78 Å². The lowest BCUT2D eigenvalue weighted by Crippen LogP contribution is -2.48. The number of pyridine rings is 1. The number of fused-ring (bicyclic) bond motifs is 2. The topological polar surface area (TPSA) is 63.5 Å². The van der Waals surface area contributed by atoms with E-state index in [1.807, 2.05) is 38.6 Å². The summed E-state index contributed by atoms with van der Waals surface area (Å²) >= 11 is 7.36. The van der Waals surface area contributed by atoms with Crippen molar-refractivity contribution in [2.24, 2.45) is 0 Å². The summed E-state index contributed by atoms with van der Waals surface area (Å²) in [6, 6.07) is 5.43. The van der Waals surface area contributed by atoms with Gasteiger partial charge < -0.3 is 14.4 Å². The Hall–Kier alpha value is -2.24. The number of hydrogen-bond donors (Lipinski definition) is 0. The molecule has 1 saturated heterocycles. The molecule has 0 N–H and O–H groups in total. The van der Waals surface area contributed by atoms with Crippen molar-refractivity contribution in [1.82, 2.24) is 24.6 Å². The zero-order valence-corrected chi connectivity index (χ0v) is 22.2. The number of rotatable bonds is 5. The van der Waals surface area contributed by atoms with Crippen LogP contribution in [0.4, 0.5) is 8.78 Å². The molecule has 3 aromatic rings. The first-order chi connectivity index (χ1) is 17.2. The first-order valence-corrected chi connectivity index (χ1v) is 12.8. The number of thiophene rings is 1. The number of hydrogen-bond acceptors (Lipinski definition) is 7. The summed E-state index contributed by atoms with van der Waals surface area (Å²) in [4.78, 5) is 17.6. The van der Waals surface area contributed by atoms with Gasteiger partial charge in [0.05, 0.1) is 10.0 Å². The highest BCUT2D eigenvalue weighted by Gasteiger charge is 2.51. The average molecular weight is 538 g/mol. The number of aryl methyl sites for hydroxylation is 1. The van der Waals surface area contributed by atoms with Crippen molar-refractivity contribution in [2.45, 2.75) is 44.4 Å². The van der Waals surface area contributed by atoms with Gasteiger partial charge in [0, 0.05) is 60.1 Å². The van der Waals surface area contributed by atoms with Gasteiger partial charge in [-0.3, -0.25) is 4.90 Å². The molecule has 5 heterocycles. The van der Waals surface area contributed by atoms with Crippen LogP contribution < -0.4 is 0 Å². The second kappa shape index (κ2) is 10.6. The number of piperidine rings is 1. The number of aromatic nitrogens is 3. The van der Waals surface area contributed by atoms with Gasteiger partial charge >= 0.3 is 0 Å². The van der Waals surface area contributed by atoms with Gasteiger partial charge in [-0.25, -0.2) is 9.67 Å². The lowest BCUT2D eigenvalue weighted by molar-refractivity contribution is -0.182. The minimum Gasteiger partial charge on any atom is -0.363 e. The van der Waals surface area contributed by atoms with E-state index in [1.54, 1.807) is 6.20 Å². The van der Waals surface area contributed by atoms with Crippen molar-refractivity contribution < 1.29 is 18.3 Å². The maximum absolute atomic E-state index is 14.4. The Balaban J connectivity index is 0.00000148. The maximum atomic E-state index is 14.4. The molecule has 2 aliphatic heterocycles. The first-order valence-electron chi connectivity index (χ1n) is 11.6. The van der Waals surface area contributed by atoms with Crippen LogP contribution in [-0.2, 0) is 34.1 Å². The molecule has 7 nitrogen and oxygen atoms in total. The minimum absolute atomic E-state index is 0.0446. The lowest BCUT2D eigenvalue weighted by atomic mass is 9.84. The Bertz CT molecular complexity index is 1210. The van der Waals surface area contributed by atoms with E-state index in [-0.39, 0.29) is 5.56 Å². The third-order valence-corrected chi connectivity index (χ3v) is 8.12. The first kappa shape index (κ1) is 26.8. The van der Waals surface area contributed by atoms with Crippen molar-refractivity contribution in [1.29, 1.82) is 0 Å². The van der Waals surface area contributed by atoms with Gasteiger partial charge in [0.1, 0.15) is 19.0 Å². The van der Waals surface area contributed by atoms with Crippen LogP contribution in [0.15, 0.2) is 30.6 Å². The summed E-state index contributed by atoms with van der Waals surface area (Å²) in [5.74, 6) is -2.15. The van der Waals surface area contributed by atoms with Gasteiger partial charge in [-0.15, -0.1) is 11.3 Å². The molecule has 0 unspecified atom stereocenters. The highest BCUT2D eigenvalue weighted by Crippen LogP contribution is 2.52. The van der Waals surface area contributed by atoms with E-state index in [0.29, 0.717) is 22.1 Å². The highest BCUT2D eigenvalue weighted by atomic mass is 35.5. The van der Waals surface area contributed by atoms with Crippen molar-refractivity contribution in [3.8, 4) is 5.82 Å². The van der Waals surface area contributed by atoms with Crippen LogP contribution in [0.2, 0.25) is 4.34 Å². The van der Waals surface area contributed by atoms with Gasteiger partial charge in [-0.05, 0) is 46.0 Å². The van der Waals surface area contributed by atoms with E-state index in [2.05, 4.69) is 27.0 Å². The number of carbonyl (C=O) groups excluding carboxylic acids is 1. The van der Waals surface area contributed by atoms with Gasteiger partial charge in [0.25, 0.3) is 5.92 Å². The summed E-state index contributed by atoms with van der Waals surface area (Å²) in [6.07, 6.45) is 5.16. The number of nitrogens with zero attached hydrogens (tertiary/aromatic N) is 5. The lowest BCUT2D eigenvalue weighted by Gasteiger charge is -2.45. The van der Waals surface area contributed by atoms with Crippen molar-refractivity contribution >= 4 is 29.7 Å². The Morgan fingerprint density at radius 2 is 1.97 bits per heavy atom. The SMILES string of the molecule is C=O.Cc1nn(-c2ncccc2CN(C)C)cc1CN1CCC2(CC1)OCC(F)(F)c1cc(Cl)sc12. The van der Waals surface area contributed by atoms with Crippen LogP contribution in [0.5, 0.6) is 0 Å². The molecular formula is C25H30ClF2N5O2S. The van der Waals surface area contributed by atoms with Crippen molar-refractivity contribution in [3.05, 3.63) is 62.2 Å². The predicted octanol–water partition coefficient (Wildman–Crippen LogP) is 4.78. The Morgan fingerprint density at radius 1 is 1.25 bits per heavy atom. The van der Waals surface area contributed by atoms with E-state index in [0.717, 1.165) is 48.8 Å². The average Bonchev–Trinajstić information content (AvgIpc) is 3.43. The molecule has 0 amide bonds. The van der Waals surface area contributed by atoms with E-state index < -0.39 is 18.1 Å². The fraction of sp³-hybridized carbons (Fsp3) is 0.480. The summed E-state index contributed by atoms with van der Waals surface area (Å²) in [5.41, 5.74) is 2.58. The fourth-order valence-corrected chi connectivity index (χ4v) is 6.37. The zero-order valence-electron chi connectivity index (χ0n) is 20.6. The summed E-state index contributed by atoms with van der Waals surface area (Å²) in [7, 11) is 4.06. The van der Waals surface area contributed by atoms with Gasteiger partial charge in [0.15, 0.2) is 5.82 Å². The Kier molecular flexibility index (Phi) is 7.92.